The maximum atomic E-state index is 14.9. The van der Waals surface area contributed by atoms with E-state index in [0.717, 1.165) is 51.1 Å². The molecule has 5 heteroatoms. The number of hydrogen-bond donors (Lipinski definition) is 0. The fourth-order valence-electron chi connectivity index (χ4n) is 4.52. The van der Waals surface area contributed by atoms with Crippen LogP contribution in [0.4, 0.5) is 10.1 Å². The first-order chi connectivity index (χ1) is 14.2. The minimum absolute atomic E-state index is 0.0916. The Bertz CT molecular complexity index is 882. The van der Waals surface area contributed by atoms with Gasteiger partial charge in [-0.25, -0.2) is 4.39 Å². The normalized spacial score (nSPS) is 17.9. The molecular weight excluding hydrogens is 365 g/mol. The first kappa shape index (κ1) is 20.4. The zero-order chi connectivity index (χ0) is 20.2. The highest BCUT2D eigenvalue weighted by molar-refractivity contribution is 5.83. The summed E-state index contributed by atoms with van der Waals surface area (Å²) in [6.07, 6.45) is 12.1. The van der Waals surface area contributed by atoms with Crippen molar-refractivity contribution in [3.05, 3.63) is 40.4 Å². The van der Waals surface area contributed by atoms with Crippen LogP contribution in [0.5, 0.6) is 0 Å². The van der Waals surface area contributed by atoms with Gasteiger partial charge in [0.15, 0.2) is 5.43 Å². The Hall–Kier alpha value is -1.88. The average Bonchev–Trinajstić information content (AvgIpc) is 3.57. The average molecular weight is 400 g/mol. The van der Waals surface area contributed by atoms with Crippen LogP contribution < -0.4 is 10.3 Å². The molecule has 1 aliphatic heterocycles. The smallest absolute Gasteiger partial charge is 0.189 e. The third kappa shape index (κ3) is 4.82. The molecule has 4 rings (SSSR count). The summed E-state index contributed by atoms with van der Waals surface area (Å²) in [4.78, 5) is 16.9. The second kappa shape index (κ2) is 9.29. The van der Waals surface area contributed by atoms with E-state index in [1.54, 1.807) is 6.07 Å². The molecule has 1 saturated heterocycles. The molecule has 2 heterocycles. The lowest BCUT2D eigenvalue weighted by Crippen LogP contribution is -2.47. The summed E-state index contributed by atoms with van der Waals surface area (Å²) in [5.41, 5.74) is 1.44. The second-order valence-electron chi connectivity index (χ2n) is 8.74. The van der Waals surface area contributed by atoms with Crippen LogP contribution in [-0.2, 0) is 0 Å². The van der Waals surface area contributed by atoms with Gasteiger partial charge in [0, 0.05) is 49.9 Å². The van der Waals surface area contributed by atoms with Gasteiger partial charge in [0.05, 0.1) is 11.2 Å². The monoisotopic (exact) mass is 399 g/mol. The van der Waals surface area contributed by atoms with Crippen LogP contribution in [0.3, 0.4) is 0 Å². The number of fused-ring (bicyclic) bond motifs is 1. The van der Waals surface area contributed by atoms with Gasteiger partial charge in [-0.15, -0.1) is 0 Å². The summed E-state index contributed by atoms with van der Waals surface area (Å²) in [5.74, 6) is -0.271. The largest absolute Gasteiger partial charge is 0.367 e. The van der Waals surface area contributed by atoms with Crippen molar-refractivity contribution < 1.29 is 4.39 Å². The number of pyridine rings is 1. The van der Waals surface area contributed by atoms with Gasteiger partial charge in [0.1, 0.15) is 5.82 Å². The van der Waals surface area contributed by atoms with Crippen molar-refractivity contribution in [1.29, 1.82) is 0 Å². The van der Waals surface area contributed by atoms with Crippen molar-refractivity contribution in [1.82, 2.24) is 9.47 Å². The van der Waals surface area contributed by atoms with Crippen LogP contribution in [0.15, 0.2) is 29.2 Å². The van der Waals surface area contributed by atoms with Gasteiger partial charge >= 0.3 is 0 Å². The van der Waals surface area contributed by atoms with Crippen molar-refractivity contribution in [2.75, 3.05) is 37.6 Å². The lowest BCUT2D eigenvalue weighted by Gasteiger charge is -2.36. The van der Waals surface area contributed by atoms with E-state index in [2.05, 4.69) is 21.3 Å². The maximum absolute atomic E-state index is 14.9. The minimum Gasteiger partial charge on any atom is -0.367 e. The highest BCUT2D eigenvalue weighted by atomic mass is 19.1. The summed E-state index contributed by atoms with van der Waals surface area (Å²) in [7, 11) is 0. The molecule has 1 aromatic carbocycles. The molecule has 29 heavy (non-hydrogen) atoms. The summed E-state index contributed by atoms with van der Waals surface area (Å²) < 4.78 is 17.0. The molecule has 0 spiro atoms. The Labute approximate surface area is 173 Å². The Morgan fingerprint density at radius 1 is 1.00 bits per heavy atom. The molecule has 0 unspecified atom stereocenters. The lowest BCUT2D eigenvalue weighted by molar-refractivity contribution is 0.251. The zero-order valence-electron chi connectivity index (χ0n) is 17.7. The highest BCUT2D eigenvalue weighted by Gasteiger charge is 2.26. The van der Waals surface area contributed by atoms with E-state index in [9.17, 15) is 9.18 Å². The quantitative estimate of drug-likeness (QED) is 0.558. The lowest BCUT2D eigenvalue weighted by atomic mass is 10.1. The molecule has 1 aliphatic carbocycles. The standard InChI is InChI=1S/C24H34FN3O/c1-2-3-4-5-6-7-11-26-13-15-27(16-14-26)23-18-22-20(17-21(23)25)24(29)10-12-28(22)19-8-9-19/h10,12,17-19H,2-9,11,13-16H2,1H3. The molecule has 0 radical (unpaired) electrons. The molecule has 0 bridgehead atoms. The molecule has 0 atom stereocenters. The molecule has 2 aliphatic rings. The minimum atomic E-state index is -0.271. The summed E-state index contributed by atoms with van der Waals surface area (Å²) >= 11 is 0. The van der Waals surface area contributed by atoms with Crippen molar-refractivity contribution in [3.63, 3.8) is 0 Å². The molecule has 2 fully saturated rings. The Morgan fingerprint density at radius 2 is 1.72 bits per heavy atom. The number of nitrogens with zero attached hydrogens (tertiary/aromatic N) is 3. The fraction of sp³-hybridized carbons (Fsp3) is 0.625. The van der Waals surface area contributed by atoms with E-state index in [-0.39, 0.29) is 11.2 Å². The van der Waals surface area contributed by atoms with Crippen LogP contribution in [0, 0.1) is 5.82 Å². The van der Waals surface area contributed by atoms with Crippen molar-refractivity contribution in [3.8, 4) is 0 Å². The van der Waals surface area contributed by atoms with Gasteiger partial charge in [-0.2, -0.15) is 0 Å². The number of unbranched alkanes of at least 4 members (excludes halogenated alkanes) is 5. The van der Waals surface area contributed by atoms with Crippen molar-refractivity contribution >= 4 is 16.6 Å². The molecule has 4 nitrogen and oxygen atoms in total. The predicted octanol–water partition coefficient (Wildman–Crippen LogP) is 4.96. The van der Waals surface area contributed by atoms with Gasteiger partial charge in [-0.1, -0.05) is 39.0 Å². The van der Waals surface area contributed by atoms with E-state index in [1.165, 1.54) is 44.6 Å². The zero-order valence-corrected chi connectivity index (χ0v) is 17.7. The van der Waals surface area contributed by atoms with E-state index in [1.807, 2.05) is 12.3 Å². The molecular formula is C24H34FN3O. The Balaban J connectivity index is 1.39. The number of anilines is 1. The van der Waals surface area contributed by atoms with Crippen molar-refractivity contribution in [2.24, 2.45) is 0 Å². The summed E-state index contributed by atoms with van der Waals surface area (Å²) in [5, 5.41) is 0.502. The molecule has 0 amide bonds. The molecule has 158 valence electrons. The van der Waals surface area contributed by atoms with Gasteiger partial charge in [-0.3, -0.25) is 9.69 Å². The third-order valence-corrected chi connectivity index (χ3v) is 6.48. The van der Waals surface area contributed by atoms with E-state index < -0.39 is 0 Å². The first-order valence-corrected chi connectivity index (χ1v) is 11.5. The van der Waals surface area contributed by atoms with Gasteiger partial charge in [0.2, 0.25) is 0 Å². The van der Waals surface area contributed by atoms with E-state index in [4.69, 9.17) is 0 Å². The maximum Gasteiger partial charge on any atom is 0.189 e. The third-order valence-electron chi connectivity index (χ3n) is 6.48. The number of halogens is 1. The van der Waals surface area contributed by atoms with Gasteiger partial charge in [0.25, 0.3) is 0 Å². The van der Waals surface area contributed by atoms with E-state index >= 15 is 0 Å². The SMILES string of the molecule is CCCCCCCCN1CCN(c2cc3c(cc2F)c(=O)ccn3C2CC2)CC1. The number of benzene rings is 1. The van der Waals surface area contributed by atoms with Gasteiger partial charge in [-0.05, 0) is 37.9 Å². The topological polar surface area (TPSA) is 28.5 Å². The summed E-state index contributed by atoms with van der Waals surface area (Å²) in [6, 6.07) is 5.40. The Kier molecular flexibility index (Phi) is 6.53. The predicted molar refractivity (Wildman–Crippen MR) is 118 cm³/mol. The second-order valence-corrected chi connectivity index (χ2v) is 8.74. The highest BCUT2D eigenvalue weighted by Crippen LogP contribution is 2.37. The molecule has 0 N–H and O–H groups in total. The van der Waals surface area contributed by atoms with Crippen LogP contribution >= 0.6 is 0 Å². The van der Waals surface area contributed by atoms with Crippen LogP contribution in [0.1, 0.15) is 64.3 Å². The van der Waals surface area contributed by atoms with E-state index in [0.29, 0.717) is 17.1 Å². The fourth-order valence-corrected chi connectivity index (χ4v) is 4.52. The van der Waals surface area contributed by atoms with Crippen molar-refractivity contribution in [2.45, 2.75) is 64.3 Å². The molecule has 2 aromatic rings. The van der Waals surface area contributed by atoms with Gasteiger partial charge < -0.3 is 9.47 Å². The number of rotatable bonds is 9. The number of piperazine rings is 1. The summed E-state index contributed by atoms with van der Waals surface area (Å²) in [6.45, 7) is 7.06. The van der Waals surface area contributed by atoms with Crippen LogP contribution in [-0.4, -0.2) is 42.2 Å². The van der Waals surface area contributed by atoms with Crippen LogP contribution in [0.25, 0.3) is 10.9 Å². The number of hydrogen-bond acceptors (Lipinski definition) is 3. The molecule has 1 saturated carbocycles. The number of aromatic nitrogens is 1. The molecule has 1 aromatic heterocycles. The first-order valence-electron chi connectivity index (χ1n) is 11.5. The van der Waals surface area contributed by atoms with Crippen LogP contribution in [0.2, 0.25) is 0 Å². The Morgan fingerprint density at radius 3 is 2.45 bits per heavy atom.